The van der Waals surface area contributed by atoms with Crippen molar-refractivity contribution in [3.63, 3.8) is 0 Å². The number of ether oxygens (including phenoxy) is 2. The number of carbonyl (C=O) groups is 5. The lowest BCUT2D eigenvalue weighted by molar-refractivity contribution is -0.148. The molecule has 0 bridgehead atoms. The van der Waals surface area contributed by atoms with Gasteiger partial charge in [0.15, 0.2) is 11.4 Å². The van der Waals surface area contributed by atoms with Crippen LogP contribution in [-0.2, 0) is 25.5 Å². The number of pyridine rings is 1. The van der Waals surface area contributed by atoms with Crippen LogP contribution in [0.2, 0.25) is 0 Å². The number of anilines is 2. The predicted molar refractivity (Wildman–Crippen MR) is 290 cm³/mol. The zero-order valence-electron chi connectivity index (χ0n) is 44.8. The number of ketones is 2. The maximum absolute atomic E-state index is 15.6. The van der Waals surface area contributed by atoms with E-state index in [2.05, 4.69) is 12.2 Å². The Bertz CT molecular complexity index is 2890. The summed E-state index contributed by atoms with van der Waals surface area (Å²) in [5, 5.41) is 38.9. The third kappa shape index (κ3) is 10.9. The number of unbranched alkanes of at least 4 members (excludes halogenated alkanes) is 10. The largest absolute Gasteiger partial charge is 0.510 e. The number of allylic oxidation sites excluding steroid dienone is 1. The topological polar surface area (TPSA) is 234 Å². The number of thioether (sulfide) groups is 1. The van der Waals surface area contributed by atoms with Gasteiger partial charge in [0.2, 0.25) is 11.2 Å². The van der Waals surface area contributed by atoms with Crippen LogP contribution in [0.15, 0.2) is 56.8 Å². The van der Waals surface area contributed by atoms with Gasteiger partial charge in [-0.15, -0.1) is 0 Å². The highest BCUT2D eigenvalue weighted by Crippen LogP contribution is 2.53. The number of esters is 2. The zero-order valence-corrected chi connectivity index (χ0v) is 45.6. The number of amides is 1. The van der Waals surface area contributed by atoms with E-state index >= 15 is 4.39 Å². The van der Waals surface area contributed by atoms with E-state index in [4.69, 9.17) is 15.2 Å². The number of nitrogens with two attached hydrogens (primary N) is 1. The summed E-state index contributed by atoms with van der Waals surface area (Å²) in [5.74, 6) is -8.25. The van der Waals surface area contributed by atoms with Gasteiger partial charge < -0.3 is 50.2 Å². The van der Waals surface area contributed by atoms with Crippen molar-refractivity contribution in [1.29, 1.82) is 0 Å². The SMILES string of the molecule is CCCCCCC(CCCCCCCCCCC(=O)Oc1ccc(N(C)C)c2c1C(=O)C1=C(O)[C@@]3(O)C(=O)C(C(N)=O)=C(O)[C@H](N(C)C)[C@H]3C[C@H]1C2)OC(=O)c1c2n(c3cc(N4CCNCC4)c(F)cc3c1=O)C(C)S2. The van der Waals surface area contributed by atoms with Gasteiger partial charge in [0.05, 0.1) is 33.2 Å². The number of Topliss-reactive ketones (excluding diaryl/α,β-unsaturated/α-hetero) is 2. The van der Waals surface area contributed by atoms with Gasteiger partial charge in [-0.3, -0.25) is 28.9 Å². The molecule has 3 aliphatic carbocycles. The van der Waals surface area contributed by atoms with Crippen molar-refractivity contribution >= 4 is 63.5 Å². The second-order valence-corrected chi connectivity index (χ2v) is 23.0. The molecule has 3 heterocycles. The number of fused-ring (bicyclic) bond motifs is 6. The number of hydrogen-bond acceptors (Lipinski definition) is 16. The Balaban J connectivity index is 0.830. The fraction of sp³-hybridized carbons (Fsp3) is 0.579. The Morgan fingerprint density at radius 1 is 0.934 bits per heavy atom. The first-order valence-electron chi connectivity index (χ1n) is 27.2. The molecule has 2 unspecified atom stereocenters. The molecular weight excluding hydrogens is 996 g/mol. The van der Waals surface area contributed by atoms with E-state index in [9.17, 15) is 44.1 Å². The summed E-state index contributed by atoms with van der Waals surface area (Å²) in [4.78, 5) is 87.3. The van der Waals surface area contributed by atoms with Crippen LogP contribution in [0.5, 0.6) is 5.75 Å². The molecule has 76 heavy (non-hydrogen) atoms. The Hall–Kier alpha value is -5.76. The fourth-order valence-electron chi connectivity index (χ4n) is 12.2. The van der Waals surface area contributed by atoms with E-state index in [1.807, 2.05) is 35.4 Å². The molecule has 2 aliphatic heterocycles. The highest BCUT2D eigenvalue weighted by Gasteiger charge is 2.63. The normalized spacial score (nSPS) is 22.5. The van der Waals surface area contributed by atoms with Gasteiger partial charge in [-0.05, 0) is 102 Å². The summed E-state index contributed by atoms with van der Waals surface area (Å²) in [5.41, 5.74) is 3.61. The van der Waals surface area contributed by atoms with Crippen LogP contribution in [0.1, 0.15) is 148 Å². The van der Waals surface area contributed by atoms with E-state index in [0.717, 1.165) is 83.7 Å². The molecule has 1 amide bonds. The Labute approximate surface area is 448 Å². The monoisotopic (exact) mass is 1070 g/mol. The standard InChI is InChI=1S/C57H75FN6O11S/c1-7-8-9-16-19-34(74-56(72)47-49(66)36-30-38(58)41(63-26-24-60-25-27-63)31-40(36)64-32(2)76-55(47)64)20-17-14-12-10-11-13-15-18-21-43(65)75-42-23-22-39(61(3)4)35-28-33-29-37-48(62(5)6)51(68)46(54(59)71)53(70)57(37,73)52(69)44(33)50(67)45(35)42/h22-23,30-34,37,48,60,68-69,73H,7-21,24-29H2,1-6H3,(H2,59,71)/t32?,33-,34?,37-,48-,57-/m1/s1. The van der Waals surface area contributed by atoms with Gasteiger partial charge in [-0.25, -0.2) is 9.18 Å². The molecule has 5 aliphatic rings. The van der Waals surface area contributed by atoms with Gasteiger partial charge in [0.1, 0.15) is 40.3 Å². The molecular formula is C57H75FN6O11S. The number of likely N-dealkylation sites (N-methyl/N-ethyl adjacent to an activating group) is 1. The van der Waals surface area contributed by atoms with Crippen LogP contribution >= 0.6 is 11.8 Å². The predicted octanol–water partition coefficient (Wildman–Crippen LogP) is 7.97. The fourth-order valence-corrected chi connectivity index (χ4v) is 13.4. The van der Waals surface area contributed by atoms with Crippen LogP contribution in [0.4, 0.5) is 15.8 Å². The molecule has 6 N–H and O–H groups in total. The molecule has 1 saturated heterocycles. The van der Waals surface area contributed by atoms with Crippen molar-refractivity contribution in [2.75, 3.05) is 64.2 Å². The van der Waals surface area contributed by atoms with Gasteiger partial charge in [-0.2, -0.15) is 0 Å². The zero-order chi connectivity index (χ0) is 54.7. The molecule has 0 saturated carbocycles. The molecule has 3 aromatic rings. The van der Waals surface area contributed by atoms with Crippen molar-refractivity contribution in [3.8, 4) is 5.75 Å². The molecule has 19 heteroatoms. The number of aliphatic hydroxyl groups is 3. The van der Waals surface area contributed by atoms with Gasteiger partial charge >= 0.3 is 11.9 Å². The van der Waals surface area contributed by atoms with Crippen LogP contribution < -0.4 is 31.0 Å². The van der Waals surface area contributed by atoms with Crippen molar-refractivity contribution in [2.24, 2.45) is 17.6 Å². The molecule has 17 nitrogen and oxygen atoms in total. The lowest BCUT2D eigenvalue weighted by Gasteiger charge is -2.50. The molecule has 1 aromatic heterocycles. The van der Waals surface area contributed by atoms with E-state index in [0.29, 0.717) is 59.8 Å². The minimum absolute atomic E-state index is 0.000845. The Morgan fingerprint density at radius 2 is 1.58 bits per heavy atom. The number of primary amides is 1. The first-order chi connectivity index (χ1) is 36.3. The van der Waals surface area contributed by atoms with Gasteiger partial charge in [0, 0.05) is 69.3 Å². The average molecular weight is 1070 g/mol. The third-order valence-corrected chi connectivity index (χ3v) is 17.3. The molecule has 1 fully saturated rings. The molecule has 0 radical (unpaired) electrons. The number of nitrogens with zero attached hydrogens (tertiary/aromatic N) is 4. The second-order valence-electron chi connectivity index (χ2n) is 21.7. The highest BCUT2D eigenvalue weighted by molar-refractivity contribution is 8.00. The molecule has 2 aromatic carbocycles. The van der Waals surface area contributed by atoms with E-state index in [1.165, 1.54) is 28.8 Å². The second kappa shape index (κ2) is 23.9. The number of nitrogens with one attached hydrogen (secondary N) is 1. The summed E-state index contributed by atoms with van der Waals surface area (Å²) in [6.07, 6.45) is 12.4. The first kappa shape index (κ1) is 56.4. The molecule has 8 rings (SSSR count). The minimum atomic E-state index is -2.72. The molecule has 6 atom stereocenters. The number of hydrogen-bond donors (Lipinski definition) is 5. The summed E-state index contributed by atoms with van der Waals surface area (Å²) in [6, 6.07) is 5.25. The number of aliphatic hydroxyl groups excluding tert-OH is 2. The lowest BCUT2D eigenvalue weighted by atomic mass is 9.58. The summed E-state index contributed by atoms with van der Waals surface area (Å²) in [7, 11) is 6.81. The molecule has 412 valence electrons. The smallest absolute Gasteiger partial charge is 0.345 e. The number of rotatable bonds is 23. The van der Waals surface area contributed by atoms with Crippen LogP contribution in [-0.4, -0.2) is 126 Å². The van der Waals surface area contributed by atoms with Gasteiger partial charge in [0.25, 0.3) is 5.91 Å². The van der Waals surface area contributed by atoms with Crippen molar-refractivity contribution in [3.05, 3.63) is 79.7 Å². The Kier molecular flexibility index (Phi) is 17.7. The number of carbonyl (C=O) groups excluding carboxylic acids is 5. The van der Waals surface area contributed by atoms with E-state index in [1.54, 1.807) is 26.2 Å². The number of benzene rings is 2. The van der Waals surface area contributed by atoms with Crippen molar-refractivity contribution in [1.82, 2.24) is 14.8 Å². The summed E-state index contributed by atoms with van der Waals surface area (Å²) >= 11 is 1.45. The van der Waals surface area contributed by atoms with Crippen LogP contribution in [0.25, 0.3) is 10.9 Å². The number of piperazine rings is 1. The summed E-state index contributed by atoms with van der Waals surface area (Å²) in [6.45, 7) is 6.96. The summed E-state index contributed by atoms with van der Waals surface area (Å²) < 4.78 is 29.6. The van der Waals surface area contributed by atoms with E-state index in [-0.39, 0.29) is 58.6 Å². The van der Waals surface area contributed by atoms with Gasteiger partial charge in [-0.1, -0.05) is 76.5 Å². The van der Waals surface area contributed by atoms with E-state index < -0.39 is 81.2 Å². The average Bonchev–Trinajstić information content (AvgIpc) is 3.41. The maximum atomic E-state index is 15.6. The van der Waals surface area contributed by atoms with Crippen molar-refractivity contribution < 1.29 is 53.2 Å². The quantitative estimate of drug-likeness (QED) is 0.0262. The maximum Gasteiger partial charge on any atom is 0.345 e. The number of aromatic nitrogens is 1. The van der Waals surface area contributed by atoms with Crippen LogP contribution in [0, 0.1) is 17.7 Å². The highest BCUT2D eigenvalue weighted by atomic mass is 32.2. The lowest BCUT2D eigenvalue weighted by Crippen LogP contribution is -2.63. The number of halogens is 1. The minimum Gasteiger partial charge on any atom is -0.510 e. The third-order valence-electron chi connectivity index (χ3n) is 16.1. The van der Waals surface area contributed by atoms with Crippen LogP contribution in [0.3, 0.4) is 0 Å². The molecule has 0 spiro atoms. The first-order valence-corrected chi connectivity index (χ1v) is 28.1. The Morgan fingerprint density at radius 3 is 2.20 bits per heavy atom. The van der Waals surface area contributed by atoms with Crippen molar-refractivity contribution in [2.45, 2.75) is 151 Å².